The number of aliphatic hydroxyl groups is 1. The Morgan fingerprint density at radius 3 is 2.38 bits per heavy atom. The van der Waals surface area contributed by atoms with Gasteiger partial charge in [-0.3, -0.25) is 10.1 Å². The first-order valence-electron chi connectivity index (χ1n) is 7.57. The van der Waals surface area contributed by atoms with Crippen LogP contribution in [-0.2, 0) is 7.05 Å². The molecule has 1 aromatic heterocycles. The first-order chi connectivity index (χ1) is 9.90. The van der Waals surface area contributed by atoms with Gasteiger partial charge in [0.15, 0.2) is 0 Å². The van der Waals surface area contributed by atoms with E-state index in [0.717, 1.165) is 12.8 Å². The number of hydrogen-bond donors (Lipinski definition) is 1. The zero-order chi connectivity index (χ0) is 15.3. The van der Waals surface area contributed by atoms with Gasteiger partial charge in [-0.2, -0.15) is 5.10 Å². The van der Waals surface area contributed by atoms with Crippen molar-refractivity contribution in [1.29, 1.82) is 0 Å². The third-order valence-electron chi connectivity index (χ3n) is 4.70. The Morgan fingerprint density at radius 1 is 1.33 bits per heavy atom. The largest absolute Gasteiger partial charge is 0.393 e. The fraction of sp³-hybridized carbons (Fsp3) is 0.786. The van der Waals surface area contributed by atoms with Crippen molar-refractivity contribution >= 4 is 11.5 Å². The first-order valence-corrected chi connectivity index (χ1v) is 7.57. The predicted octanol–water partition coefficient (Wildman–Crippen LogP) is 1.94. The number of aryl methyl sites for hydroxylation is 1. The van der Waals surface area contributed by atoms with Gasteiger partial charge in [-0.05, 0) is 25.7 Å². The fourth-order valence-electron chi connectivity index (χ4n) is 3.87. The van der Waals surface area contributed by atoms with E-state index in [2.05, 4.69) is 10.00 Å². The summed E-state index contributed by atoms with van der Waals surface area (Å²) in [6.07, 6.45) is 3.07. The van der Waals surface area contributed by atoms with E-state index in [4.69, 9.17) is 0 Å². The van der Waals surface area contributed by atoms with Crippen LogP contribution in [0.3, 0.4) is 0 Å². The minimum absolute atomic E-state index is 0.0124. The number of hydrogen-bond acceptors (Lipinski definition) is 5. The highest BCUT2D eigenvalue weighted by atomic mass is 16.6. The third kappa shape index (κ3) is 2.19. The Balaban J connectivity index is 2.09. The van der Waals surface area contributed by atoms with Gasteiger partial charge in [-0.25, -0.2) is 4.68 Å². The standard InChI is InChI=1S/C14H22N4O3/c1-8(2)12-13(18(20)21)14(16(3)15-12)17-9-4-5-10(17)7-11(19)6-9/h8-11,19H,4-7H2,1-3H3. The van der Waals surface area contributed by atoms with Gasteiger partial charge in [-0.1, -0.05) is 13.8 Å². The highest BCUT2D eigenvalue weighted by Crippen LogP contribution is 2.44. The molecule has 116 valence electrons. The second-order valence-corrected chi connectivity index (χ2v) is 6.51. The second-order valence-electron chi connectivity index (χ2n) is 6.51. The Labute approximate surface area is 123 Å². The SMILES string of the molecule is CC(C)c1nn(C)c(N2C3CCC2CC(O)C3)c1[N+](=O)[O-]. The van der Waals surface area contributed by atoms with Crippen LogP contribution in [-0.4, -0.2) is 38.0 Å². The monoisotopic (exact) mass is 294 g/mol. The van der Waals surface area contributed by atoms with Crippen LogP contribution in [0.15, 0.2) is 0 Å². The summed E-state index contributed by atoms with van der Waals surface area (Å²) in [5.74, 6) is 0.626. The lowest BCUT2D eigenvalue weighted by atomic mass is 9.99. The van der Waals surface area contributed by atoms with Crippen LogP contribution in [0.4, 0.5) is 11.5 Å². The Bertz CT molecular complexity index is 555. The Morgan fingerprint density at radius 2 is 1.90 bits per heavy atom. The van der Waals surface area contributed by atoms with E-state index in [0.29, 0.717) is 24.4 Å². The Kier molecular flexibility index (Phi) is 3.39. The van der Waals surface area contributed by atoms with Gasteiger partial charge in [0.25, 0.3) is 0 Å². The molecule has 2 saturated heterocycles. The molecule has 0 spiro atoms. The molecule has 0 aromatic carbocycles. The van der Waals surface area contributed by atoms with Crippen molar-refractivity contribution in [3.63, 3.8) is 0 Å². The van der Waals surface area contributed by atoms with Crippen molar-refractivity contribution in [2.45, 2.75) is 63.6 Å². The Hall–Kier alpha value is -1.63. The number of piperidine rings is 1. The van der Waals surface area contributed by atoms with Crippen molar-refractivity contribution in [3.05, 3.63) is 15.8 Å². The maximum absolute atomic E-state index is 11.6. The van der Waals surface area contributed by atoms with Crippen LogP contribution in [0.5, 0.6) is 0 Å². The predicted molar refractivity (Wildman–Crippen MR) is 78.5 cm³/mol. The van der Waals surface area contributed by atoms with E-state index in [1.54, 1.807) is 11.7 Å². The average molecular weight is 294 g/mol. The molecule has 1 N–H and O–H groups in total. The van der Waals surface area contributed by atoms with E-state index in [1.165, 1.54) is 0 Å². The molecule has 2 fully saturated rings. The summed E-state index contributed by atoms with van der Waals surface area (Å²) < 4.78 is 1.65. The van der Waals surface area contributed by atoms with Gasteiger partial charge < -0.3 is 10.0 Å². The van der Waals surface area contributed by atoms with Gasteiger partial charge in [0, 0.05) is 25.0 Å². The molecule has 2 bridgehead atoms. The highest BCUT2D eigenvalue weighted by molar-refractivity contribution is 5.64. The van der Waals surface area contributed by atoms with Crippen LogP contribution in [0, 0.1) is 10.1 Å². The number of aromatic nitrogens is 2. The molecule has 2 aliphatic rings. The van der Waals surface area contributed by atoms with E-state index in [9.17, 15) is 15.2 Å². The number of anilines is 1. The smallest absolute Gasteiger partial charge is 0.334 e. The molecule has 2 atom stereocenters. The van der Waals surface area contributed by atoms with E-state index in [-0.39, 0.29) is 34.7 Å². The molecule has 0 aliphatic carbocycles. The van der Waals surface area contributed by atoms with Gasteiger partial charge >= 0.3 is 5.69 Å². The molecule has 7 nitrogen and oxygen atoms in total. The lowest BCUT2D eigenvalue weighted by Gasteiger charge is -2.37. The van der Waals surface area contributed by atoms with Crippen molar-refractivity contribution in [1.82, 2.24) is 9.78 Å². The topological polar surface area (TPSA) is 84.4 Å². The van der Waals surface area contributed by atoms with Crippen molar-refractivity contribution in [2.24, 2.45) is 7.05 Å². The maximum atomic E-state index is 11.6. The average Bonchev–Trinajstić information content (AvgIpc) is 2.84. The summed E-state index contributed by atoms with van der Waals surface area (Å²) in [7, 11) is 1.78. The summed E-state index contributed by atoms with van der Waals surface area (Å²) in [5.41, 5.74) is 0.684. The van der Waals surface area contributed by atoms with Crippen molar-refractivity contribution in [2.75, 3.05) is 4.90 Å². The molecule has 7 heteroatoms. The summed E-state index contributed by atoms with van der Waals surface area (Å²) in [5, 5.41) is 25.9. The maximum Gasteiger partial charge on any atom is 0.334 e. The van der Waals surface area contributed by atoms with E-state index >= 15 is 0 Å². The lowest BCUT2D eigenvalue weighted by Crippen LogP contribution is -2.45. The first kappa shape index (κ1) is 14.3. The van der Waals surface area contributed by atoms with E-state index in [1.807, 2.05) is 13.8 Å². The third-order valence-corrected chi connectivity index (χ3v) is 4.70. The summed E-state index contributed by atoms with van der Waals surface area (Å²) in [4.78, 5) is 13.4. The summed E-state index contributed by atoms with van der Waals surface area (Å²) in [6.45, 7) is 3.85. The molecule has 0 amide bonds. The number of rotatable bonds is 3. The molecule has 3 rings (SSSR count). The molecule has 2 aliphatic heterocycles. The van der Waals surface area contributed by atoms with Gasteiger partial charge in [-0.15, -0.1) is 0 Å². The van der Waals surface area contributed by atoms with Gasteiger partial charge in [0.1, 0.15) is 5.69 Å². The molecule has 21 heavy (non-hydrogen) atoms. The fourth-order valence-corrected chi connectivity index (χ4v) is 3.87. The highest BCUT2D eigenvalue weighted by Gasteiger charge is 2.45. The zero-order valence-electron chi connectivity index (χ0n) is 12.7. The molecule has 0 saturated carbocycles. The molecular formula is C14H22N4O3. The normalized spacial score (nSPS) is 28.4. The van der Waals surface area contributed by atoms with Crippen molar-refractivity contribution < 1.29 is 10.0 Å². The van der Waals surface area contributed by atoms with Crippen LogP contribution in [0.1, 0.15) is 51.1 Å². The minimum Gasteiger partial charge on any atom is -0.393 e. The van der Waals surface area contributed by atoms with Gasteiger partial charge in [0.05, 0.1) is 11.0 Å². The summed E-state index contributed by atoms with van der Waals surface area (Å²) >= 11 is 0. The molecule has 2 unspecified atom stereocenters. The van der Waals surface area contributed by atoms with Crippen LogP contribution in [0.25, 0.3) is 0 Å². The minimum atomic E-state index is -0.303. The molecule has 0 radical (unpaired) electrons. The van der Waals surface area contributed by atoms with Crippen molar-refractivity contribution in [3.8, 4) is 0 Å². The number of aliphatic hydroxyl groups excluding tert-OH is 1. The number of fused-ring (bicyclic) bond motifs is 2. The van der Waals surface area contributed by atoms with Crippen LogP contribution >= 0.6 is 0 Å². The van der Waals surface area contributed by atoms with E-state index < -0.39 is 0 Å². The van der Waals surface area contributed by atoms with Crippen LogP contribution in [0.2, 0.25) is 0 Å². The molecular weight excluding hydrogens is 272 g/mol. The number of nitrogens with zero attached hydrogens (tertiary/aromatic N) is 4. The summed E-state index contributed by atoms with van der Waals surface area (Å²) in [6, 6.07) is 0.376. The van der Waals surface area contributed by atoms with Crippen LogP contribution < -0.4 is 4.90 Å². The van der Waals surface area contributed by atoms with Gasteiger partial charge in [0.2, 0.25) is 5.82 Å². The molecule has 1 aromatic rings. The zero-order valence-corrected chi connectivity index (χ0v) is 12.7. The molecule has 3 heterocycles. The number of nitro groups is 1. The lowest BCUT2D eigenvalue weighted by molar-refractivity contribution is -0.385. The second kappa shape index (κ2) is 4.98. The quantitative estimate of drug-likeness (QED) is 0.680.